The van der Waals surface area contributed by atoms with Crippen LogP contribution in [0.1, 0.15) is 258 Å². The van der Waals surface area contributed by atoms with E-state index in [0.29, 0.717) is 23.9 Å². The van der Waals surface area contributed by atoms with Crippen molar-refractivity contribution in [3.63, 3.8) is 0 Å². The number of unbranched alkanes of at least 4 members (excludes halogenated alkanes) is 24. The average Bonchev–Trinajstić information content (AvgIpc) is 3.42. The van der Waals surface area contributed by atoms with Crippen molar-refractivity contribution in [2.75, 3.05) is 47.5 Å². The van der Waals surface area contributed by atoms with Crippen molar-refractivity contribution < 1.29 is 42.1 Å². The van der Waals surface area contributed by atoms with Crippen LogP contribution in [0.25, 0.3) is 0 Å². The zero-order valence-electron chi connectivity index (χ0n) is 52.0. The summed E-state index contributed by atoms with van der Waals surface area (Å²) in [6.07, 6.45) is 85.6. The number of phosphoric acid groups is 1. The third-order valence-corrected chi connectivity index (χ3v) is 14.4. The Balaban J connectivity index is 4.04. The first-order valence-electron chi connectivity index (χ1n) is 32.2. The lowest BCUT2D eigenvalue weighted by atomic mass is 10.0. The van der Waals surface area contributed by atoms with Crippen molar-refractivity contribution in [1.29, 1.82) is 0 Å². The number of nitrogens with zero attached hydrogens (tertiary/aromatic N) is 1. The van der Waals surface area contributed by atoms with Gasteiger partial charge in [0.15, 0.2) is 6.10 Å². The second-order valence-electron chi connectivity index (χ2n) is 22.4. The number of quaternary nitrogens is 1. The summed E-state index contributed by atoms with van der Waals surface area (Å²) in [5.74, 6) is -0.870. The second-order valence-corrected chi connectivity index (χ2v) is 23.8. The lowest BCUT2D eigenvalue weighted by Crippen LogP contribution is -2.37. The molecule has 80 heavy (non-hydrogen) atoms. The van der Waals surface area contributed by atoms with Gasteiger partial charge >= 0.3 is 11.9 Å². The molecule has 9 nitrogen and oxygen atoms in total. The zero-order chi connectivity index (χ0) is 58.4. The molecule has 2 unspecified atom stereocenters. The van der Waals surface area contributed by atoms with Crippen molar-refractivity contribution in [2.24, 2.45) is 0 Å². The molecule has 0 amide bonds. The van der Waals surface area contributed by atoms with Crippen LogP contribution in [0.2, 0.25) is 0 Å². The van der Waals surface area contributed by atoms with Crippen molar-refractivity contribution in [2.45, 2.75) is 264 Å². The highest BCUT2D eigenvalue weighted by Gasteiger charge is 2.22. The van der Waals surface area contributed by atoms with Crippen molar-refractivity contribution >= 4 is 19.8 Å². The van der Waals surface area contributed by atoms with Gasteiger partial charge in [0.2, 0.25) is 0 Å². The van der Waals surface area contributed by atoms with Gasteiger partial charge in [0.25, 0.3) is 7.82 Å². The molecular formula is C70H120NO8P. The molecule has 0 N–H and O–H groups in total. The summed E-state index contributed by atoms with van der Waals surface area (Å²) in [5.41, 5.74) is 0. The molecule has 458 valence electrons. The minimum Gasteiger partial charge on any atom is -0.756 e. The molecule has 0 saturated heterocycles. The van der Waals surface area contributed by atoms with Crippen LogP contribution in [0.4, 0.5) is 0 Å². The summed E-state index contributed by atoms with van der Waals surface area (Å²) >= 11 is 0. The van der Waals surface area contributed by atoms with Crippen LogP contribution >= 0.6 is 7.82 Å². The molecule has 0 spiro atoms. The third-order valence-electron chi connectivity index (χ3n) is 13.5. The van der Waals surface area contributed by atoms with E-state index in [0.717, 1.165) is 103 Å². The van der Waals surface area contributed by atoms with Gasteiger partial charge in [-0.25, -0.2) is 0 Å². The van der Waals surface area contributed by atoms with Crippen LogP contribution in [0, 0.1) is 0 Å². The van der Waals surface area contributed by atoms with Crippen LogP contribution in [0.5, 0.6) is 0 Å². The van der Waals surface area contributed by atoms with Crippen molar-refractivity contribution in [3.05, 3.63) is 122 Å². The fourth-order valence-corrected chi connectivity index (χ4v) is 9.32. The number of likely N-dealkylation sites (N-methyl/N-ethyl adjacent to an activating group) is 1. The Kier molecular flexibility index (Phi) is 57.3. The quantitative estimate of drug-likeness (QED) is 0.0195. The van der Waals surface area contributed by atoms with E-state index in [1.807, 2.05) is 21.1 Å². The van der Waals surface area contributed by atoms with E-state index < -0.39 is 32.5 Å². The molecule has 0 bridgehead atoms. The summed E-state index contributed by atoms with van der Waals surface area (Å²) < 4.78 is 34.2. The number of hydrogen-bond acceptors (Lipinski definition) is 8. The SMILES string of the molecule is CC/C=C\C/C=C\C/C=C\C/C=C\C/C=C\CCCCCCCCCCCCCCCCCCCCCCCC(=O)OC(COC(=O)CCCCC/C=C\C/C=C\C/C=C\C/C=C\C/C=C\CC)COP(=O)([O-])OCC[N+](C)(C)C. The molecule has 0 aliphatic carbocycles. The monoisotopic (exact) mass is 1130 g/mol. The van der Waals surface area contributed by atoms with Gasteiger partial charge in [0.05, 0.1) is 27.7 Å². The van der Waals surface area contributed by atoms with Gasteiger partial charge in [-0.3, -0.25) is 14.2 Å². The van der Waals surface area contributed by atoms with Gasteiger partial charge in [-0.1, -0.05) is 264 Å². The maximum atomic E-state index is 12.8. The Morgan fingerprint density at radius 2 is 0.675 bits per heavy atom. The van der Waals surface area contributed by atoms with E-state index in [1.54, 1.807) is 0 Å². The van der Waals surface area contributed by atoms with E-state index in [1.165, 1.54) is 116 Å². The Hall–Kier alpha value is -3.59. The second kappa shape index (κ2) is 60.0. The maximum Gasteiger partial charge on any atom is 0.306 e. The number of hydrogen-bond donors (Lipinski definition) is 0. The third kappa shape index (κ3) is 63.6. The number of rotatable bonds is 58. The highest BCUT2D eigenvalue weighted by Crippen LogP contribution is 2.38. The number of ether oxygens (including phenoxy) is 2. The van der Waals surface area contributed by atoms with E-state index >= 15 is 0 Å². The summed E-state index contributed by atoms with van der Waals surface area (Å²) in [4.78, 5) is 37.9. The van der Waals surface area contributed by atoms with Gasteiger partial charge in [-0.2, -0.15) is 0 Å². The first kappa shape index (κ1) is 76.4. The lowest BCUT2D eigenvalue weighted by Gasteiger charge is -2.28. The average molecular weight is 1130 g/mol. The van der Waals surface area contributed by atoms with E-state index in [-0.39, 0.29) is 26.1 Å². The van der Waals surface area contributed by atoms with Gasteiger partial charge in [-0.05, 0) is 103 Å². The molecule has 0 saturated carbocycles. The number of carbonyl (C=O) groups is 2. The van der Waals surface area contributed by atoms with Gasteiger partial charge in [0.1, 0.15) is 19.8 Å². The largest absolute Gasteiger partial charge is 0.756 e. The number of esters is 2. The molecule has 0 aromatic heterocycles. The predicted molar refractivity (Wildman–Crippen MR) is 341 cm³/mol. The van der Waals surface area contributed by atoms with Gasteiger partial charge in [-0.15, -0.1) is 0 Å². The molecule has 0 aromatic carbocycles. The molecule has 0 rings (SSSR count). The topological polar surface area (TPSA) is 111 Å². The van der Waals surface area contributed by atoms with E-state index in [4.69, 9.17) is 18.5 Å². The van der Waals surface area contributed by atoms with Crippen molar-refractivity contribution in [3.8, 4) is 0 Å². The Morgan fingerprint density at radius 1 is 0.388 bits per heavy atom. The highest BCUT2D eigenvalue weighted by molar-refractivity contribution is 7.45. The smallest absolute Gasteiger partial charge is 0.306 e. The maximum absolute atomic E-state index is 12.8. The minimum absolute atomic E-state index is 0.0406. The normalized spacial score (nSPS) is 14.0. The molecular weight excluding hydrogens is 1010 g/mol. The lowest BCUT2D eigenvalue weighted by molar-refractivity contribution is -0.870. The zero-order valence-corrected chi connectivity index (χ0v) is 52.9. The molecule has 10 heteroatoms. The molecule has 0 aliphatic rings. The Bertz CT molecular complexity index is 1760. The Morgan fingerprint density at radius 3 is 1.01 bits per heavy atom. The van der Waals surface area contributed by atoms with Crippen LogP contribution in [-0.2, 0) is 32.7 Å². The molecule has 0 aromatic rings. The van der Waals surface area contributed by atoms with Crippen LogP contribution in [0.3, 0.4) is 0 Å². The first-order chi connectivity index (χ1) is 39.0. The fourth-order valence-electron chi connectivity index (χ4n) is 8.59. The van der Waals surface area contributed by atoms with Crippen molar-refractivity contribution in [1.82, 2.24) is 0 Å². The standard InChI is InChI=1S/C70H120NO8P/c1-6-8-10-12-14-16-18-20-22-24-26-27-28-29-30-31-32-33-34-35-36-37-38-39-40-41-42-43-45-47-49-51-53-55-57-59-61-63-70(73)79-68(67-78-80(74,75)77-65-64-71(3,4)5)66-76-69(72)62-60-58-56-54-52-50-48-46-44-25-23-21-19-17-15-13-11-9-7-2/h8-11,14-17,20-23,26-27,29-30,44,46,50,52,68H,6-7,12-13,18-19,24-25,28,31-43,45,47-49,51,53-67H2,1-5H3/b10-8-,11-9-,16-14-,17-15-,22-20-,23-21-,27-26-,30-29-,46-44-,52-50-. The minimum atomic E-state index is -4.65. The summed E-state index contributed by atoms with van der Waals surface area (Å²) in [5, 5.41) is 0. The van der Waals surface area contributed by atoms with Gasteiger partial charge < -0.3 is 27.9 Å². The number of carbonyl (C=O) groups excluding carboxylic acids is 2. The van der Waals surface area contributed by atoms with E-state index in [9.17, 15) is 19.0 Å². The highest BCUT2D eigenvalue weighted by atomic mass is 31.2. The molecule has 0 radical (unpaired) electrons. The van der Waals surface area contributed by atoms with Crippen LogP contribution in [0.15, 0.2) is 122 Å². The molecule has 0 heterocycles. The fraction of sp³-hybridized carbons (Fsp3) is 0.686. The summed E-state index contributed by atoms with van der Waals surface area (Å²) in [7, 11) is 1.14. The van der Waals surface area contributed by atoms with Crippen LogP contribution < -0.4 is 4.89 Å². The molecule has 0 fully saturated rings. The van der Waals surface area contributed by atoms with Crippen LogP contribution in [-0.4, -0.2) is 70.0 Å². The molecule has 0 aliphatic heterocycles. The Labute approximate surface area is 492 Å². The first-order valence-corrected chi connectivity index (χ1v) is 33.7. The summed E-state index contributed by atoms with van der Waals surface area (Å²) in [6.45, 7) is 3.98. The summed E-state index contributed by atoms with van der Waals surface area (Å²) in [6, 6.07) is 0. The predicted octanol–water partition coefficient (Wildman–Crippen LogP) is 20.1. The number of allylic oxidation sites excluding steroid dienone is 20. The van der Waals surface area contributed by atoms with Gasteiger partial charge in [0, 0.05) is 12.8 Å². The van der Waals surface area contributed by atoms with E-state index in [2.05, 4.69) is 135 Å². The molecule has 2 atom stereocenters. The number of phosphoric ester groups is 1.